The largest absolute Gasteiger partial charge is 0.210 e. The second-order valence-corrected chi connectivity index (χ2v) is 4.15. The number of benzene rings is 1. The molecule has 0 heterocycles. The van der Waals surface area contributed by atoms with Crippen LogP contribution < -0.4 is 0 Å². The van der Waals surface area contributed by atoms with Crippen molar-refractivity contribution in [3.05, 3.63) is 46.8 Å². The summed E-state index contributed by atoms with van der Waals surface area (Å²) in [5.41, 5.74) is 0.358. The van der Waals surface area contributed by atoms with E-state index >= 15 is 0 Å². The molecule has 0 spiro atoms. The van der Waals surface area contributed by atoms with E-state index in [-0.39, 0.29) is 5.83 Å². The molecule has 1 aromatic rings. The maximum Gasteiger partial charge on any atom is 0.121 e. The Morgan fingerprint density at radius 3 is 2.47 bits per heavy atom. The summed E-state index contributed by atoms with van der Waals surface area (Å²) in [4.78, 5) is 0. The van der Waals surface area contributed by atoms with Crippen LogP contribution in [0.25, 0.3) is 0 Å². The van der Waals surface area contributed by atoms with Crippen molar-refractivity contribution in [1.29, 1.82) is 5.26 Å². The molecule has 1 saturated carbocycles. The highest BCUT2D eigenvalue weighted by Gasteiger charge is 2.48. The monoisotopic (exact) mass is 221 g/mol. The van der Waals surface area contributed by atoms with Crippen LogP contribution in [0.1, 0.15) is 18.4 Å². The zero-order valence-corrected chi connectivity index (χ0v) is 8.76. The molecule has 1 aliphatic rings. The molecule has 0 unspecified atom stereocenters. The number of rotatable bonds is 2. The molecule has 1 nitrogen and oxygen atoms in total. The van der Waals surface area contributed by atoms with Crippen molar-refractivity contribution in [3.8, 4) is 6.07 Å². The lowest BCUT2D eigenvalue weighted by Crippen LogP contribution is -2.06. The van der Waals surface area contributed by atoms with Crippen molar-refractivity contribution >= 4 is 11.6 Å². The van der Waals surface area contributed by atoms with E-state index in [1.807, 2.05) is 12.1 Å². The second kappa shape index (κ2) is 3.67. The summed E-state index contributed by atoms with van der Waals surface area (Å²) in [6.45, 7) is 0. The second-order valence-electron chi connectivity index (χ2n) is 3.71. The van der Waals surface area contributed by atoms with Gasteiger partial charge in [-0.05, 0) is 30.5 Å². The third kappa shape index (κ3) is 1.75. The maximum absolute atomic E-state index is 13.6. The topological polar surface area (TPSA) is 23.8 Å². The SMILES string of the molecule is N#C/C=C(\F)C1(c2ccc(Cl)cc2)CC1. The van der Waals surface area contributed by atoms with E-state index in [2.05, 4.69) is 0 Å². The molecule has 1 aromatic carbocycles. The summed E-state index contributed by atoms with van der Waals surface area (Å²) in [6, 6.07) is 8.86. The summed E-state index contributed by atoms with van der Waals surface area (Å²) < 4.78 is 13.6. The Bertz CT molecular complexity index is 438. The molecule has 0 aliphatic heterocycles. The van der Waals surface area contributed by atoms with Crippen LogP contribution in [0.4, 0.5) is 4.39 Å². The zero-order valence-electron chi connectivity index (χ0n) is 8.00. The van der Waals surface area contributed by atoms with Crippen molar-refractivity contribution in [2.45, 2.75) is 18.3 Å². The van der Waals surface area contributed by atoms with Gasteiger partial charge in [0.15, 0.2) is 0 Å². The standard InChI is InChI=1S/C12H9ClFN/c13-10-3-1-9(2-4-10)12(6-7-12)11(14)5-8-15/h1-5H,6-7H2/b11-5-. The van der Waals surface area contributed by atoms with Crippen LogP contribution in [0, 0.1) is 11.3 Å². The summed E-state index contributed by atoms with van der Waals surface area (Å²) >= 11 is 5.76. The van der Waals surface area contributed by atoms with Gasteiger partial charge < -0.3 is 0 Å². The predicted octanol–water partition coefficient (Wildman–Crippen LogP) is 3.75. The molecule has 0 atom stereocenters. The van der Waals surface area contributed by atoms with Crippen LogP contribution >= 0.6 is 11.6 Å². The lowest BCUT2D eigenvalue weighted by Gasteiger charge is -2.12. The lowest BCUT2D eigenvalue weighted by atomic mass is 9.94. The average molecular weight is 222 g/mol. The molecular weight excluding hydrogens is 213 g/mol. The molecule has 1 aliphatic carbocycles. The van der Waals surface area contributed by atoms with Gasteiger partial charge in [0.05, 0.1) is 6.07 Å². The van der Waals surface area contributed by atoms with Crippen LogP contribution in [-0.2, 0) is 5.41 Å². The highest BCUT2D eigenvalue weighted by Crippen LogP contribution is 2.54. The number of nitrogens with zero attached hydrogens (tertiary/aromatic N) is 1. The molecule has 76 valence electrons. The van der Waals surface area contributed by atoms with E-state index in [0.717, 1.165) is 24.5 Å². The first-order valence-corrected chi connectivity index (χ1v) is 5.09. The first kappa shape index (κ1) is 10.2. The Morgan fingerprint density at radius 2 is 2.00 bits per heavy atom. The number of hydrogen-bond donors (Lipinski definition) is 0. The fourth-order valence-corrected chi connectivity index (χ4v) is 1.88. The van der Waals surface area contributed by atoms with Gasteiger partial charge in [0.2, 0.25) is 0 Å². The molecule has 0 bridgehead atoms. The Morgan fingerprint density at radius 1 is 1.40 bits per heavy atom. The minimum Gasteiger partial charge on any atom is -0.210 e. The fraction of sp³-hybridized carbons (Fsp3) is 0.250. The molecule has 2 rings (SSSR count). The number of halogens is 2. The van der Waals surface area contributed by atoms with E-state index in [0.29, 0.717) is 5.02 Å². The van der Waals surface area contributed by atoms with Crippen molar-refractivity contribution in [2.75, 3.05) is 0 Å². The molecule has 0 N–H and O–H groups in total. The van der Waals surface area contributed by atoms with Gasteiger partial charge in [-0.3, -0.25) is 0 Å². The highest BCUT2D eigenvalue weighted by molar-refractivity contribution is 6.30. The van der Waals surface area contributed by atoms with Gasteiger partial charge in [-0.15, -0.1) is 0 Å². The Balaban J connectivity index is 2.35. The Kier molecular flexibility index (Phi) is 2.50. The molecule has 3 heteroatoms. The average Bonchev–Trinajstić information content (AvgIpc) is 3.00. The maximum atomic E-state index is 13.6. The molecule has 15 heavy (non-hydrogen) atoms. The minimum atomic E-state index is -0.541. The van der Waals surface area contributed by atoms with Gasteiger partial charge in [0.1, 0.15) is 5.83 Å². The van der Waals surface area contributed by atoms with Crippen molar-refractivity contribution in [3.63, 3.8) is 0 Å². The fourth-order valence-electron chi connectivity index (χ4n) is 1.75. The number of allylic oxidation sites excluding steroid dienone is 2. The van der Waals surface area contributed by atoms with Crippen molar-refractivity contribution < 1.29 is 4.39 Å². The predicted molar refractivity (Wildman–Crippen MR) is 57.2 cm³/mol. The van der Waals surface area contributed by atoms with E-state index in [9.17, 15) is 4.39 Å². The van der Waals surface area contributed by atoms with Crippen LogP contribution in [0.3, 0.4) is 0 Å². The molecule has 1 fully saturated rings. The summed E-state index contributed by atoms with van der Waals surface area (Å²) in [6.07, 6.45) is 2.51. The normalized spacial score (nSPS) is 18.3. The zero-order chi connectivity index (χ0) is 10.9. The number of nitriles is 1. The third-order valence-corrected chi connectivity index (χ3v) is 3.05. The highest BCUT2D eigenvalue weighted by atomic mass is 35.5. The van der Waals surface area contributed by atoms with E-state index in [1.165, 1.54) is 0 Å². The Hall–Kier alpha value is -1.33. The van der Waals surface area contributed by atoms with Crippen molar-refractivity contribution in [2.24, 2.45) is 0 Å². The van der Waals surface area contributed by atoms with Crippen LogP contribution in [0.5, 0.6) is 0 Å². The summed E-state index contributed by atoms with van der Waals surface area (Å²) in [5, 5.41) is 9.07. The van der Waals surface area contributed by atoms with E-state index in [1.54, 1.807) is 18.2 Å². The minimum absolute atomic E-state index is 0.340. The molecule has 0 aromatic heterocycles. The third-order valence-electron chi connectivity index (χ3n) is 2.80. The quantitative estimate of drug-likeness (QED) is 0.698. The molecular formula is C12H9ClFN. The van der Waals surface area contributed by atoms with Gasteiger partial charge in [0.25, 0.3) is 0 Å². The van der Waals surface area contributed by atoms with Crippen LogP contribution in [0.2, 0.25) is 5.02 Å². The molecule has 0 amide bonds. The lowest BCUT2D eigenvalue weighted by molar-refractivity contribution is 0.536. The number of hydrogen-bond acceptors (Lipinski definition) is 1. The van der Waals surface area contributed by atoms with E-state index in [4.69, 9.17) is 16.9 Å². The van der Waals surface area contributed by atoms with Gasteiger partial charge in [-0.1, -0.05) is 23.7 Å². The first-order chi connectivity index (χ1) is 7.19. The molecule has 0 saturated heterocycles. The van der Waals surface area contributed by atoms with E-state index < -0.39 is 5.41 Å². The van der Waals surface area contributed by atoms with Crippen LogP contribution in [0.15, 0.2) is 36.2 Å². The van der Waals surface area contributed by atoms with Crippen molar-refractivity contribution in [1.82, 2.24) is 0 Å². The summed E-state index contributed by atoms with van der Waals surface area (Å²) in [7, 11) is 0. The first-order valence-electron chi connectivity index (χ1n) is 4.71. The van der Waals surface area contributed by atoms with Gasteiger partial charge in [-0.25, -0.2) is 4.39 Å². The molecule has 0 radical (unpaired) electrons. The van der Waals surface area contributed by atoms with Gasteiger partial charge in [0, 0.05) is 16.5 Å². The van der Waals surface area contributed by atoms with Gasteiger partial charge in [-0.2, -0.15) is 5.26 Å². The Labute approximate surface area is 92.8 Å². The smallest absolute Gasteiger partial charge is 0.121 e. The van der Waals surface area contributed by atoms with Gasteiger partial charge >= 0.3 is 0 Å². The van der Waals surface area contributed by atoms with Crippen LogP contribution in [-0.4, -0.2) is 0 Å². The summed E-state index contributed by atoms with van der Waals surface area (Å²) in [5.74, 6) is -0.340.